The summed E-state index contributed by atoms with van der Waals surface area (Å²) in [7, 11) is -4.85. The van der Waals surface area contributed by atoms with Crippen LogP contribution in [0.3, 0.4) is 0 Å². The minimum Gasteiger partial charge on any atom is -0.508 e. The molecule has 0 spiro atoms. The Morgan fingerprint density at radius 3 is 2.29 bits per heavy atom. The van der Waals surface area contributed by atoms with Gasteiger partial charge in [0.25, 0.3) is 5.56 Å². The first-order chi connectivity index (χ1) is 30.3. The Morgan fingerprint density at radius 1 is 0.873 bits per heavy atom. The standard InChI is InChI=1S/C39H37N7O14P2S/c40-33-32-34(42-20-41-33)46(21-43-32)37-30-14-28(57-37)18-55-62(53,63-19-22-6-12-26(13-7-22)58-38(49)24-8-10-25(47)11-9-24)60-31-15-27(17-54-61(51,52)59-30)56-36(31)45-16-29(35(48)44-39(45)50)23-4-2-1-3-5-23/h1-13,16,20-21,27-28,30-31,36-37,47H,14-15,17-19H2,(H,51,52)(H2,40,41,42)(H,44,48,50)/t27-,28-,30+,31+,36+,37+,62?/m0/s1. The number of anilines is 1. The van der Waals surface area contributed by atoms with Crippen molar-refractivity contribution in [3.63, 3.8) is 0 Å². The average molecular weight is 922 g/mol. The van der Waals surface area contributed by atoms with E-state index in [2.05, 4.69) is 19.9 Å². The molecule has 0 amide bonds. The molecule has 63 heavy (non-hydrogen) atoms. The number of carbonyl (C=O) groups excluding carboxylic acids is 1. The molecule has 3 aromatic heterocycles. The topological polar surface area (TPSA) is 281 Å². The van der Waals surface area contributed by atoms with E-state index in [4.69, 9.17) is 38.0 Å². The second-order valence-electron chi connectivity index (χ2n) is 14.6. The number of phenols is 1. The number of nitrogens with zero attached hydrogens (tertiary/aromatic N) is 5. The highest BCUT2D eigenvalue weighted by Crippen LogP contribution is 2.64. The minimum atomic E-state index is -4.85. The van der Waals surface area contributed by atoms with Gasteiger partial charge in [-0.25, -0.2) is 33.7 Å². The van der Waals surface area contributed by atoms with Gasteiger partial charge in [-0.05, 0) is 58.9 Å². The van der Waals surface area contributed by atoms with Crippen LogP contribution in [0, 0.1) is 0 Å². The van der Waals surface area contributed by atoms with E-state index in [1.54, 1.807) is 54.6 Å². The van der Waals surface area contributed by atoms with Gasteiger partial charge < -0.3 is 29.9 Å². The van der Waals surface area contributed by atoms with Crippen molar-refractivity contribution in [3.8, 4) is 22.6 Å². The van der Waals surface area contributed by atoms with Crippen LogP contribution >= 0.6 is 26.0 Å². The number of hydrogen-bond acceptors (Lipinski definition) is 18. The molecule has 0 aliphatic carbocycles. The van der Waals surface area contributed by atoms with Crippen molar-refractivity contribution >= 4 is 49.0 Å². The second kappa shape index (κ2) is 17.6. The summed E-state index contributed by atoms with van der Waals surface area (Å²) in [6.45, 7) is -5.20. The normalized spacial score (nSPS) is 27.5. The number of H-pyrrole nitrogens is 1. The first-order valence-corrected chi connectivity index (χ1v) is 23.9. The van der Waals surface area contributed by atoms with Crippen LogP contribution < -0.4 is 21.7 Å². The van der Waals surface area contributed by atoms with Crippen molar-refractivity contribution in [1.82, 2.24) is 29.1 Å². The van der Waals surface area contributed by atoms with Gasteiger partial charge in [0.15, 0.2) is 23.9 Å². The van der Waals surface area contributed by atoms with Crippen molar-refractivity contribution in [2.24, 2.45) is 0 Å². The Labute approximate surface area is 360 Å². The molecule has 3 fully saturated rings. The van der Waals surface area contributed by atoms with Gasteiger partial charge >= 0.3 is 26.3 Å². The zero-order valence-electron chi connectivity index (χ0n) is 32.6. The predicted molar refractivity (Wildman–Crippen MR) is 223 cm³/mol. The van der Waals surface area contributed by atoms with Gasteiger partial charge in [-0.3, -0.25) is 37.0 Å². The van der Waals surface area contributed by atoms with Crippen molar-refractivity contribution in [2.75, 3.05) is 18.9 Å². The number of phenolic OH excluding ortho intramolecular Hbond substituents is 1. The Bertz CT molecular complexity index is 2870. The molecule has 24 heteroatoms. The van der Waals surface area contributed by atoms with Gasteiger partial charge in [0.2, 0.25) is 0 Å². The van der Waals surface area contributed by atoms with Gasteiger partial charge in [0, 0.05) is 24.8 Å². The summed E-state index contributed by atoms with van der Waals surface area (Å²) >= 11 is 0.830. The molecule has 328 valence electrons. The highest BCUT2D eigenvalue weighted by molar-refractivity contribution is 8.54. The number of fused-ring (bicyclic) bond motifs is 5. The number of carbonyl (C=O) groups is 1. The summed E-state index contributed by atoms with van der Waals surface area (Å²) in [5, 5.41) is 9.55. The zero-order valence-corrected chi connectivity index (χ0v) is 35.3. The molecule has 6 aromatic rings. The fraction of sp³-hybridized carbons (Fsp3) is 0.282. The molecular formula is C39H37N7O14P2S. The van der Waals surface area contributed by atoms with Gasteiger partial charge in [-0.15, -0.1) is 0 Å². The number of phosphoric acid groups is 1. The Hall–Kier alpha value is -5.51. The molecule has 3 aliphatic heterocycles. The van der Waals surface area contributed by atoms with Crippen LogP contribution in [0.4, 0.5) is 5.82 Å². The minimum absolute atomic E-state index is 0.00114. The molecule has 3 saturated heterocycles. The zero-order chi connectivity index (χ0) is 43.9. The summed E-state index contributed by atoms with van der Waals surface area (Å²) in [5.41, 5.74) is 6.50. The molecule has 9 rings (SSSR count). The molecule has 4 bridgehead atoms. The van der Waals surface area contributed by atoms with Crippen LogP contribution in [0.25, 0.3) is 22.3 Å². The molecule has 2 unspecified atom stereocenters. The number of ether oxygens (including phenoxy) is 3. The fourth-order valence-corrected chi connectivity index (χ4v) is 11.6. The Balaban J connectivity index is 1.01. The summed E-state index contributed by atoms with van der Waals surface area (Å²) in [6, 6.07) is 20.6. The lowest BCUT2D eigenvalue weighted by Gasteiger charge is -2.26. The molecule has 6 heterocycles. The lowest BCUT2D eigenvalue weighted by molar-refractivity contribution is -0.0642. The average Bonchev–Trinajstić information content (AvgIpc) is 3.99. The third-order valence-electron chi connectivity index (χ3n) is 10.3. The number of aromatic nitrogens is 6. The number of nitrogens with two attached hydrogens (primary N) is 1. The molecule has 5 N–H and O–H groups in total. The largest absolute Gasteiger partial charge is 0.508 e. The first kappa shape index (κ1) is 42.8. The van der Waals surface area contributed by atoms with Gasteiger partial charge in [0.1, 0.15) is 35.6 Å². The maximum atomic E-state index is 15.1. The second-order valence-corrected chi connectivity index (χ2v) is 20.0. The number of hydrogen-bond donors (Lipinski definition) is 4. The van der Waals surface area contributed by atoms with Crippen molar-refractivity contribution in [3.05, 3.63) is 130 Å². The highest BCUT2D eigenvalue weighted by Gasteiger charge is 2.48. The van der Waals surface area contributed by atoms with E-state index in [1.807, 2.05) is 0 Å². The summed E-state index contributed by atoms with van der Waals surface area (Å²) < 4.78 is 72.9. The van der Waals surface area contributed by atoms with Crippen LogP contribution in [-0.4, -0.2) is 82.7 Å². The van der Waals surface area contributed by atoms with Crippen LogP contribution in [0.1, 0.15) is 41.2 Å². The number of nitrogens with one attached hydrogen (secondary N) is 1. The van der Waals surface area contributed by atoms with Gasteiger partial charge in [-0.1, -0.05) is 42.5 Å². The number of imidazole rings is 1. The summed E-state index contributed by atoms with van der Waals surface area (Å²) in [6.07, 6.45) is -2.99. The smallest absolute Gasteiger partial charge is 0.472 e. The Kier molecular flexibility index (Phi) is 11.9. The van der Waals surface area contributed by atoms with E-state index in [9.17, 15) is 28.9 Å². The number of benzene rings is 3. The van der Waals surface area contributed by atoms with Gasteiger partial charge in [-0.2, -0.15) is 0 Å². The van der Waals surface area contributed by atoms with Crippen LogP contribution in [-0.2, 0) is 42.5 Å². The molecule has 0 radical (unpaired) electrons. The van der Waals surface area contributed by atoms with E-state index >= 15 is 4.57 Å². The molecular weight excluding hydrogens is 884 g/mol. The van der Waals surface area contributed by atoms with Gasteiger partial charge in [0.05, 0.1) is 42.9 Å². The summed E-state index contributed by atoms with van der Waals surface area (Å²) in [5.74, 6) is -0.252. The van der Waals surface area contributed by atoms with Crippen LogP contribution in [0.15, 0.2) is 107 Å². The van der Waals surface area contributed by atoms with Crippen molar-refractivity contribution < 1.29 is 56.2 Å². The molecule has 3 aliphatic rings. The number of aromatic hydroxyl groups is 1. The van der Waals surface area contributed by atoms with Crippen molar-refractivity contribution in [1.29, 1.82) is 0 Å². The van der Waals surface area contributed by atoms with E-state index in [0.717, 1.165) is 15.9 Å². The molecule has 8 atom stereocenters. The van der Waals surface area contributed by atoms with Crippen LogP contribution in [0.5, 0.6) is 11.5 Å². The Morgan fingerprint density at radius 2 is 1.56 bits per heavy atom. The molecule has 3 aromatic carbocycles. The highest BCUT2D eigenvalue weighted by atomic mass is 32.7. The number of phosphoric ester groups is 1. The maximum Gasteiger partial charge on any atom is 0.472 e. The number of rotatable bonds is 8. The fourth-order valence-electron chi connectivity index (χ4n) is 7.27. The lowest BCUT2D eigenvalue weighted by atomic mass is 10.1. The van der Waals surface area contributed by atoms with E-state index < -0.39 is 75.3 Å². The summed E-state index contributed by atoms with van der Waals surface area (Å²) in [4.78, 5) is 64.9. The van der Waals surface area contributed by atoms with Crippen LogP contribution in [0.2, 0.25) is 0 Å². The molecule has 0 saturated carbocycles. The third kappa shape index (κ3) is 9.41. The first-order valence-electron chi connectivity index (χ1n) is 19.3. The van der Waals surface area contributed by atoms with Crippen molar-refractivity contribution in [2.45, 2.75) is 55.5 Å². The monoisotopic (exact) mass is 921 g/mol. The lowest BCUT2D eigenvalue weighted by Crippen LogP contribution is -2.36. The van der Waals surface area contributed by atoms with E-state index in [0.29, 0.717) is 11.1 Å². The number of aromatic amines is 1. The number of nitrogen functional groups attached to an aromatic ring is 1. The maximum absolute atomic E-state index is 15.1. The van der Waals surface area contributed by atoms with E-state index in [1.165, 1.54) is 47.7 Å². The van der Waals surface area contributed by atoms with E-state index in [-0.39, 0.29) is 64.8 Å². The quantitative estimate of drug-likeness (QED) is 0.0879. The third-order valence-corrected chi connectivity index (χ3v) is 15.0. The predicted octanol–water partition coefficient (Wildman–Crippen LogP) is 5.08. The molecule has 21 nitrogen and oxygen atoms in total. The number of esters is 1. The SMILES string of the molecule is Nc1ncnc2c1ncn2[C@@H]1O[C@@H]2COP(=O)(SCc3ccc(OC(=O)c4ccc(O)cc4)cc3)O[C@@H]3C[C@@H](COP(=O)(O)O[C@@H]1C2)O[C@H]3n1cc(-c2ccccc2)c(=O)[nH]c1=O.